The fraction of sp³-hybridized carbons (Fsp3) is 0.406. The molecule has 3 aromatic carbocycles. The van der Waals surface area contributed by atoms with E-state index in [-0.39, 0.29) is 15.2 Å². The van der Waals surface area contributed by atoms with E-state index < -0.39 is 32.6 Å². The number of benzene rings is 3. The van der Waals surface area contributed by atoms with Crippen molar-refractivity contribution < 1.29 is 21.6 Å². The first-order chi connectivity index (χ1) is 20.6. The van der Waals surface area contributed by atoms with Crippen LogP contribution in [0.3, 0.4) is 0 Å². The number of aryl methyl sites for hydroxylation is 1. The number of sulfonamides is 2. The number of carbonyl (C=O) groups is 1. The predicted molar refractivity (Wildman–Crippen MR) is 162 cm³/mol. The molecule has 9 nitrogen and oxygen atoms in total. The number of carbonyl (C=O) groups excluding carboxylic acids is 1. The Kier molecular flexibility index (Phi) is 7.71. The zero-order valence-electron chi connectivity index (χ0n) is 23.9. The zero-order chi connectivity index (χ0) is 30.4. The van der Waals surface area contributed by atoms with Crippen molar-refractivity contribution in [3.63, 3.8) is 0 Å². The lowest BCUT2D eigenvalue weighted by atomic mass is 9.55. The van der Waals surface area contributed by atoms with Crippen LogP contribution in [0, 0.1) is 17.3 Å². The first kappa shape index (κ1) is 29.6. The molecule has 1 unspecified atom stereocenters. The third kappa shape index (κ3) is 5.08. The summed E-state index contributed by atoms with van der Waals surface area (Å²) < 4.78 is 55.8. The van der Waals surface area contributed by atoms with Crippen molar-refractivity contribution in [1.82, 2.24) is 3.71 Å². The van der Waals surface area contributed by atoms with Crippen LogP contribution in [0.1, 0.15) is 67.7 Å². The maximum absolute atomic E-state index is 13.8. The Morgan fingerprint density at radius 1 is 0.907 bits per heavy atom. The smallest absolute Gasteiger partial charge is 0.256 e. The summed E-state index contributed by atoms with van der Waals surface area (Å²) in [6, 6.07) is 19.5. The van der Waals surface area contributed by atoms with Gasteiger partial charge in [0.05, 0.1) is 15.8 Å². The lowest BCUT2D eigenvalue weighted by Crippen LogP contribution is -2.42. The van der Waals surface area contributed by atoms with Crippen molar-refractivity contribution in [2.75, 3.05) is 6.54 Å². The second kappa shape index (κ2) is 11.2. The van der Waals surface area contributed by atoms with Crippen LogP contribution in [-0.2, 0) is 31.3 Å². The highest BCUT2D eigenvalue weighted by Crippen LogP contribution is 2.59. The summed E-state index contributed by atoms with van der Waals surface area (Å²) in [6.07, 6.45) is 5.18. The molecule has 2 saturated carbocycles. The molecule has 0 saturated heterocycles. The fourth-order valence-electron chi connectivity index (χ4n) is 7.74. The molecule has 224 valence electrons. The number of Topliss-reactive ketones (excluding diaryl/α,β-unsaturated/α-hetero) is 1. The summed E-state index contributed by atoms with van der Waals surface area (Å²) in [5.41, 5.74) is 12.2. The average molecular weight is 619 g/mol. The third-order valence-electron chi connectivity index (χ3n) is 9.98. The van der Waals surface area contributed by atoms with Crippen molar-refractivity contribution in [1.29, 1.82) is 0 Å². The Bertz CT molecular complexity index is 1740. The topological polar surface area (TPSA) is 137 Å². The first-order valence-electron chi connectivity index (χ1n) is 14.7. The van der Waals surface area contributed by atoms with E-state index in [2.05, 4.69) is 16.9 Å². The Morgan fingerprint density at radius 2 is 1.53 bits per heavy atom. The number of hydrogen-bond donors (Lipinski definition) is 0. The normalized spacial score (nSPS) is 25.7. The Hall–Kier alpha value is -3.50. The van der Waals surface area contributed by atoms with Crippen LogP contribution in [0.5, 0.6) is 0 Å². The van der Waals surface area contributed by atoms with Crippen molar-refractivity contribution in [2.45, 2.75) is 67.2 Å². The van der Waals surface area contributed by atoms with E-state index in [4.69, 9.17) is 0 Å². The number of rotatable bonds is 8. The fourth-order valence-corrected chi connectivity index (χ4v) is 11.4. The highest BCUT2D eigenvalue weighted by atomic mass is 32.3. The molecule has 0 N–H and O–H groups in total. The van der Waals surface area contributed by atoms with Crippen molar-refractivity contribution in [2.24, 2.45) is 22.4 Å². The van der Waals surface area contributed by atoms with E-state index in [9.17, 15) is 27.2 Å². The van der Waals surface area contributed by atoms with Crippen LogP contribution in [0.25, 0.3) is 10.4 Å². The molecular weight excluding hydrogens is 585 g/mol. The lowest BCUT2D eigenvalue weighted by molar-refractivity contribution is -0.129. The summed E-state index contributed by atoms with van der Waals surface area (Å²) in [6.45, 7) is 1.55. The van der Waals surface area contributed by atoms with Gasteiger partial charge in [0, 0.05) is 23.3 Å². The van der Waals surface area contributed by atoms with Gasteiger partial charge in [-0.1, -0.05) is 70.3 Å². The van der Waals surface area contributed by atoms with Gasteiger partial charge in [0.1, 0.15) is 5.78 Å². The van der Waals surface area contributed by atoms with Crippen LogP contribution in [0.2, 0.25) is 0 Å². The van der Waals surface area contributed by atoms with Crippen molar-refractivity contribution in [3.05, 3.63) is 106 Å². The van der Waals surface area contributed by atoms with Crippen LogP contribution in [-0.4, -0.2) is 32.9 Å². The molecule has 3 aromatic rings. The van der Waals surface area contributed by atoms with E-state index >= 15 is 0 Å². The first-order valence-corrected chi connectivity index (χ1v) is 17.5. The van der Waals surface area contributed by atoms with Gasteiger partial charge < -0.3 is 0 Å². The average Bonchev–Trinajstić information content (AvgIpc) is 3.33. The SMILES string of the molecule is C[C@]12CC[C@@H]3c4ccc(C(CN(S(=O)(=O)c5ccccc5)S(=O)(=O)c5ccccc5)N=[N+]=[N-])cc4CC[C@H]3[C@@H]1CCC2=O. The minimum absolute atomic E-state index is 0.180. The van der Waals surface area contributed by atoms with E-state index in [1.165, 1.54) is 54.1 Å². The second-order valence-electron chi connectivity index (χ2n) is 12.1. The lowest BCUT2D eigenvalue weighted by Gasteiger charge is -2.48. The molecule has 0 aliphatic heterocycles. The second-order valence-corrected chi connectivity index (χ2v) is 16.1. The Labute approximate surface area is 252 Å². The maximum atomic E-state index is 13.8. The maximum Gasteiger partial charge on any atom is 0.256 e. The number of ketones is 1. The summed E-state index contributed by atoms with van der Waals surface area (Å²) in [5, 5.41) is 3.91. The van der Waals surface area contributed by atoms with E-state index in [0.717, 1.165) is 37.7 Å². The summed E-state index contributed by atoms with van der Waals surface area (Å²) in [5.74, 6) is 1.57. The molecule has 3 aliphatic carbocycles. The molecule has 6 rings (SSSR count). The third-order valence-corrected chi connectivity index (χ3v) is 14.3. The minimum Gasteiger partial charge on any atom is -0.299 e. The summed E-state index contributed by atoms with van der Waals surface area (Å²) in [7, 11) is -9.09. The molecule has 0 aromatic heterocycles. The van der Waals surface area contributed by atoms with Gasteiger partial charge in [0.2, 0.25) is 0 Å². The number of hydrogen-bond acceptors (Lipinski definition) is 6. The van der Waals surface area contributed by atoms with Crippen LogP contribution < -0.4 is 0 Å². The molecule has 0 amide bonds. The number of nitrogens with zero attached hydrogens (tertiary/aromatic N) is 4. The minimum atomic E-state index is -4.55. The van der Waals surface area contributed by atoms with Crippen LogP contribution >= 0.6 is 0 Å². The monoisotopic (exact) mass is 618 g/mol. The van der Waals surface area contributed by atoms with E-state index in [0.29, 0.717) is 39.2 Å². The Morgan fingerprint density at radius 3 is 2.14 bits per heavy atom. The van der Waals surface area contributed by atoms with Gasteiger partial charge >= 0.3 is 0 Å². The van der Waals surface area contributed by atoms with Gasteiger partial charge in [-0.25, -0.2) is 16.8 Å². The summed E-state index contributed by atoms with van der Waals surface area (Å²) >= 11 is 0. The molecule has 0 spiro atoms. The van der Waals surface area contributed by atoms with E-state index in [1.54, 1.807) is 12.1 Å². The van der Waals surface area contributed by atoms with Gasteiger partial charge in [-0.05, 0) is 96.3 Å². The molecule has 0 bridgehead atoms. The van der Waals surface area contributed by atoms with Crippen LogP contribution in [0.15, 0.2) is 93.8 Å². The number of azide groups is 1. The summed E-state index contributed by atoms with van der Waals surface area (Å²) in [4.78, 5) is 15.3. The van der Waals surface area contributed by atoms with Gasteiger partial charge in [-0.3, -0.25) is 4.79 Å². The van der Waals surface area contributed by atoms with Gasteiger partial charge in [-0.15, -0.1) is 0 Å². The molecular formula is C32H34N4O5S2. The molecule has 43 heavy (non-hydrogen) atoms. The Balaban J connectivity index is 1.36. The molecule has 0 radical (unpaired) electrons. The predicted octanol–water partition coefficient (Wildman–Crippen LogP) is 6.54. The van der Waals surface area contributed by atoms with Gasteiger partial charge in [0.15, 0.2) is 0 Å². The van der Waals surface area contributed by atoms with E-state index in [1.807, 2.05) is 18.2 Å². The quantitative estimate of drug-likeness (QED) is 0.160. The largest absolute Gasteiger partial charge is 0.299 e. The highest BCUT2D eigenvalue weighted by Gasteiger charge is 2.54. The highest BCUT2D eigenvalue weighted by molar-refractivity contribution is 8.04. The van der Waals surface area contributed by atoms with Crippen molar-refractivity contribution in [3.8, 4) is 0 Å². The van der Waals surface area contributed by atoms with Gasteiger partial charge in [0.25, 0.3) is 20.0 Å². The van der Waals surface area contributed by atoms with Crippen LogP contribution in [0.4, 0.5) is 0 Å². The number of fused-ring (bicyclic) bond motifs is 5. The molecule has 3 aliphatic rings. The molecule has 11 heteroatoms. The standard InChI is InChI=1S/C32H34N4O5S2/c1-32-19-18-27-26-14-13-23(20-22(26)12-15-28(27)29(32)16-17-31(32)37)30(34-35-33)21-36(42(38,39)24-8-4-2-5-9-24)43(40,41)25-10-6-3-7-11-25/h2-11,13-14,20,27-30H,12,15-19,21H2,1H3/t27-,28-,29+,30?,32+/m1/s1. The molecule has 5 atom stereocenters. The zero-order valence-corrected chi connectivity index (χ0v) is 25.5. The molecule has 2 fully saturated rings. The molecule has 0 heterocycles. The van der Waals surface area contributed by atoms with Gasteiger partial charge in [-0.2, -0.15) is 0 Å². The van der Waals surface area contributed by atoms with Crippen molar-refractivity contribution >= 4 is 25.8 Å².